The van der Waals surface area contributed by atoms with Crippen molar-refractivity contribution in [2.45, 2.75) is 25.0 Å². The maximum absolute atomic E-state index is 12.5. The molecule has 8 heteroatoms. The second kappa shape index (κ2) is 6.03. The number of carbonyl (C=O) groups excluding carboxylic acids is 1. The maximum atomic E-state index is 12.5. The summed E-state index contributed by atoms with van der Waals surface area (Å²) in [5.74, 6) is 0.428. The molecule has 0 atom stereocenters. The summed E-state index contributed by atoms with van der Waals surface area (Å²) in [5.41, 5.74) is 0.359. The summed E-state index contributed by atoms with van der Waals surface area (Å²) in [7, 11) is -1.95. The smallest absolute Gasteiger partial charge is 0.271 e. The van der Waals surface area contributed by atoms with Crippen LogP contribution in [0, 0.1) is 12.3 Å². The molecule has 0 unspecified atom stereocenters. The van der Waals surface area contributed by atoms with Crippen LogP contribution in [0.3, 0.4) is 0 Å². The minimum absolute atomic E-state index is 0.0476. The molecule has 3 rings (SSSR count). The molecule has 0 saturated carbocycles. The van der Waals surface area contributed by atoms with E-state index in [1.807, 2.05) is 20.8 Å². The number of hydrogen-bond donors (Lipinski definition) is 1. The monoisotopic (exact) mass is 380 g/mol. The number of anilines is 2. The molecule has 1 aromatic heterocycles. The first-order chi connectivity index (χ1) is 11.6. The first-order valence-corrected chi connectivity index (χ1v) is 10.0. The number of aryl methyl sites for hydroxylation is 1. The molecule has 6 nitrogen and oxygen atoms in total. The molecule has 0 aliphatic carbocycles. The van der Waals surface area contributed by atoms with E-state index in [-0.39, 0.29) is 16.7 Å². The van der Waals surface area contributed by atoms with Crippen LogP contribution in [0.2, 0.25) is 0 Å². The Kier molecular flexibility index (Phi) is 4.28. The summed E-state index contributed by atoms with van der Waals surface area (Å²) in [6, 6.07) is 8.27. The van der Waals surface area contributed by atoms with Crippen LogP contribution >= 0.6 is 11.3 Å². The summed E-state index contributed by atoms with van der Waals surface area (Å²) in [4.78, 5) is 14.9. The molecule has 0 saturated heterocycles. The summed E-state index contributed by atoms with van der Waals surface area (Å²) in [6.45, 7) is 5.72. The number of hydrogen-bond acceptors (Lipinski definition) is 5. The van der Waals surface area contributed by atoms with E-state index in [9.17, 15) is 13.2 Å². The van der Waals surface area contributed by atoms with Gasteiger partial charge in [0.05, 0.1) is 16.8 Å². The zero-order valence-electron chi connectivity index (χ0n) is 14.5. The Bertz CT molecular complexity index is 932. The number of rotatable bonds is 3. The van der Waals surface area contributed by atoms with E-state index >= 15 is 0 Å². The zero-order chi connectivity index (χ0) is 18.4. The highest BCUT2D eigenvalue weighted by atomic mass is 32.2. The molecule has 2 aromatic rings. The van der Waals surface area contributed by atoms with Gasteiger partial charge in [0.2, 0.25) is 5.91 Å². The fraction of sp³-hybridized carbons (Fsp3) is 0.353. The molecular weight excluding hydrogens is 360 g/mol. The van der Waals surface area contributed by atoms with Crippen molar-refractivity contribution in [2.75, 3.05) is 23.3 Å². The number of carbonyl (C=O) groups is 1. The van der Waals surface area contributed by atoms with E-state index in [0.717, 1.165) is 4.88 Å². The zero-order valence-corrected chi connectivity index (χ0v) is 16.1. The van der Waals surface area contributed by atoms with Gasteiger partial charge in [0, 0.05) is 18.0 Å². The maximum Gasteiger partial charge on any atom is 0.271 e. The Morgan fingerprint density at radius 1 is 1.24 bits per heavy atom. The Morgan fingerprint density at radius 3 is 2.60 bits per heavy atom. The van der Waals surface area contributed by atoms with Crippen molar-refractivity contribution in [1.29, 1.82) is 0 Å². The molecule has 1 amide bonds. The third kappa shape index (κ3) is 3.36. The molecule has 134 valence electrons. The van der Waals surface area contributed by atoms with E-state index in [1.165, 1.54) is 11.3 Å². The predicted octanol–water partition coefficient (Wildman–Crippen LogP) is 3.24. The van der Waals surface area contributed by atoms with Gasteiger partial charge in [-0.15, -0.1) is 11.3 Å². The van der Waals surface area contributed by atoms with Gasteiger partial charge in [0.15, 0.2) is 0 Å². The van der Waals surface area contributed by atoms with E-state index in [0.29, 0.717) is 17.1 Å². The van der Waals surface area contributed by atoms with Gasteiger partial charge < -0.3 is 9.64 Å². The van der Waals surface area contributed by atoms with E-state index in [1.54, 1.807) is 42.3 Å². The number of nitrogens with zero attached hydrogens (tertiary/aromatic N) is 1. The van der Waals surface area contributed by atoms with Gasteiger partial charge in [0.25, 0.3) is 10.0 Å². The number of fused-ring (bicyclic) bond motifs is 1. The number of amides is 1. The predicted molar refractivity (Wildman–Crippen MR) is 99.0 cm³/mol. The lowest BCUT2D eigenvalue weighted by atomic mass is 9.93. The molecule has 1 aliphatic rings. The van der Waals surface area contributed by atoms with Crippen LogP contribution in [0.4, 0.5) is 11.4 Å². The van der Waals surface area contributed by atoms with Gasteiger partial charge in [-0.25, -0.2) is 8.42 Å². The minimum Gasteiger partial charge on any atom is -0.490 e. The Morgan fingerprint density at radius 2 is 1.96 bits per heavy atom. The lowest BCUT2D eigenvalue weighted by Crippen LogP contribution is -2.39. The van der Waals surface area contributed by atoms with Crippen LogP contribution in [-0.4, -0.2) is 28.0 Å². The topological polar surface area (TPSA) is 75.7 Å². The van der Waals surface area contributed by atoms with E-state index < -0.39 is 15.4 Å². The molecule has 1 aromatic carbocycles. The SMILES string of the molecule is Cc1ccc(S(=O)(=O)Nc2ccc3c(c2)OCC(C)(C)C(=O)N3C)s1. The average molecular weight is 380 g/mol. The summed E-state index contributed by atoms with van der Waals surface area (Å²) >= 11 is 1.21. The lowest BCUT2D eigenvalue weighted by molar-refractivity contribution is -0.127. The van der Waals surface area contributed by atoms with Gasteiger partial charge in [-0.1, -0.05) is 0 Å². The highest BCUT2D eigenvalue weighted by Crippen LogP contribution is 2.37. The Hall–Kier alpha value is -2.06. The largest absolute Gasteiger partial charge is 0.490 e. The fourth-order valence-electron chi connectivity index (χ4n) is 2.62. The summed E-state index contributed by atoms with van der Waals surface area (Å²) in [5, 5.41) is 0. The Balaban J connectivity index is 1.92. The first-order valence-electron chi connectivity index (χ1n) is 7.74. The number of benzene rings is 1. The second-order valence-electron chi connectivity index (χ2n) is 6.69. The molecule has 0 bridgehead atoms. The normalized spacial score (nSPS) is 16.8. The molecular formula is C17H20N2O4S2. The molecule has 0 radical (unpaired) electrons. The molecule has 1 aliphatic heterocycles. The number of ether oxygens (including phenoxy) is 1. The number of thiophene rings is 1. The van der Waals surface area contributed by atoms with E-state index in [4.69, 9.17) is 4.74 Å². The molecule has 1 N–H and O–H groups in total. The van der Waals surface area contributed by atoms with E-state index in [2.05, 4.69) is 4.72 Å². The highest BCUT2D eigenvalue weighted by molar-refractivity contribution is 7.94. The fourth-order valence-corrected chi connectivity index (χ4v) is 4.95. The van der Waals surface area contributed by atoms with Gasteiger partial charge >= 0.3 is 0 Å². The third-order valence-corrected chi connectivity index (χ3v) is 6.90. The molecule has 25 heavy (non-hydrogen) atoms. The quantitative estimate of drug-likeness (QED) is 0.887. The van der Waals surface area contributed by atoms with Crippen LogP contribution < -0.4 is 14.4 Å². The molecule has 0 fully saturated rings. The van der Waals surface area contributed by atoms with Crippen molar-refractivity contribution in [2.24, 2.45) is 5.41 Å². The van der Waals surface area contributed by atoms with Crippen LogP contribution in [0.5, 0.6) is 5.75 Å². The third-order valence-electron chi connectivity index (χ3n) is 4.03. The van der Waals surface area contributed by atoms with Gasteiger partial charge in [-0.05, 0) is 45.0 Å². The van der Waals surface area contributed by atoms with Gasteiger partial charge in [-0.3, -0.25) is 9.52 Å². The van der Waals surface area contributed by atoms with Crippen LogP contribution in [-0.2, 0) is 14.8 Å². The van der Waals surface area contributed by atoms with Gasteiger partial charge in [-0.2, -0.15) is 0 Å². The van der Waals surface area contributed by atoms with Crippen LogP contribution in [0.15, 0.2) is 34.5 Å². The van der Waals surface area contributed by atoms with Crippen molar-refractivity contribution < 1.29 is 17.9 Å². The summed E-state index contributed by atoms with van der Waals surface area (Å²) in [6.07, 6.45) is 0. The number of sulfonamides is 1. The lowest BCUT2D eigenvalue weighted by Gasteiger charge is -2.24. The summed E-state index contributed by atoms with van der Waals surface area (Å²) < 4.78 is 33.5. The standard InChI is InChI=1S/C17H20N2O4S2/c1-11-5-8-15(24-11)25(21,22)18-12-6-7-13-14(9-12)23-10-17(2,3)16(20)19(13)4/h5-9,18H,10H2,1-4H3. The van der Waals surface area contributed by atoms with Crippen molar-refractivity contribution in [3.63, 3.8) is 0 Å². The van der Waals surface area contributed by atoms with Gasteiger partial charge in [0.1, 0.15) is 16.6 Å². The first kappa shape index (κ1) is 17.8. The number of nitrogens with one attached hydrogen (secondary N) is 1. The Labute approximate surface area is 151 Å². The van der Waals surface area contributed by atoms with Crippen molar-refractivity contribution in [3.8, 4) is 5.75 Å². The van der Waals surface area contributed by atoms with Crippen LogP contribution in [0.25, 0.3) is 0 Å². The highest BCUT2D eigenvalue weighted by Gasteiger charge is 2.36. The van der Waals surface area contributed by atoms with Crippen LogP contribution in [0.1, 0.15) is 18.7 Å². The second-order valence-corrected chi connectivity index (χ2v) is 9.89. The van der Waals surface area contributed by atoms with Crippen molar-refractivity contribution in [1.82, 2.24) is 0 Å². The van der Waals surface area contributed by atoms with Crippen molar-refractivity contribution in [3.05, 3.63) is 35.2 Å². The minimum atomic E-state index is -3.64. The average Bonchev–Trinajstić information content (AvgIpc) is 2.96. The molecule has 2 heterocycles. The van der Waals surface area contributed by atoms with Crippen molar-refractivity contribution >= 4 is 38.6 Å². The molecule has 0 spiro atoms.